The number of aryl methyl sites for hydroxylation is 1. The fourth-order valence-electron chi connectivity index (χ4n) is 2.53. The maximum Gasteiger partial charge on any atom is 0.261 e. The van der Waals surface area contributed by atoms with Gasteiger partial charge < -0.3 is 0 Å². The summed E-state index contributed by atoms with van der Waals surface area (Å²) in [7, 11) is 0. The summed E-state index contributed by atoms with van der Waals surface area (Å²) in [5.74, 6) is 0.317. The smallest absolute Gasteiger partial charge is 0.261 e. The van der Waals surface area contributed by atoms with Gasteiger partial charge in [-0.05, 0) is 38.0 Å². The van der Waals surface area contributed by atoms with Gasteiger partial charge in [0.05, 0.1) is 10.9 Å². The average molecular weight is 338 g/mol. The van der Waals surface area contributed by atoms with Crippen LogP contribution in [0.1, 0.15) is 37.9 Å². The van der Waals surface area contributed by atoms with Crippen LogP contribution in [0.25, 0.3) is 10.9 Å². The summed E-state index contributed by atoms with van der Waals surface area (Å²) in [6.45, 7) is 2.41. The molecule has 2 rings (SSSR count). The Morgan fingerprint density at radius 1 is 1.30 bits per heavy atom. The number of benzene rings is 1. The van der Waals surface area contributed by atoms with E-state index < -0.39 is 0 Å². The zero-order valence-electron chi connectivity index (χ0n) is 13.0. The van der Waals surface area contributed by atoms with Gasteiger partial charge in [0.25, 0.3) is 5.56 Å². The van der Waals surface area contributed by atoms with Crippen molar-refractivity contribution in [2.24, 2.45) is 0 Å². The molecule has 2 aromatic rings. The summed E-state index contributed by atoms with van der Waals surface area (Å²) >= 11 is 5.96. The molecule has 23 heavy (non-hydrogen) atoms. The number of fused-ring (bicyclic) bond motifs is 1. The van der Waals surface area contributed by atoms with Crippen molar-refractivity contribution in [1.29, 1.82) is 0 Å². The fraction of sp³-hybridized carbons (Fsp3) is 0.438. The van der Waals surface area contributed by atoms with E-state index in [2.05, 4.69) is 4.98 Å². The van der Waals surface area contributed by atoms with E-state index >= 15 is 0 Å². The molecule has 0 radical (unpaired) electrons. The van der Waals surface area contributed by atoms with Crippen molar-refractivity contribution in [3.63, 3.8) is 0 Å². The first-order valence-corrected chi connectivity index (χ1v) is 8.00. The maximum absolute atomic E-state index is 12.5. The summed E-state index contributed by atoms with van der Waals surface area (Å²) < 4.78 is 1.67. The molecule has 0 bridgehead atoms. The monoisotopic (exact) mass is 337 g/mol. The van der Waals surface area contributed by atoms with Crippen molar-refractivity contribution in [1.82, 2.24) is 15.0 Å². The molecule has 0 saturated carbocycles. The Morgan fingerprint density at radius 3 is 2.78 bits per heavy atom. The van der Waals surface area contributed by atoms with Gasteiger partial charge in [0.15, 0.2) is 0 Å². The molecule has 0 aliphatic carbocycles. The molecule has 1 aromatic carbocycles. The van der Waals surface area contributed by atoms with Gasteiger partial charge in [-0.25, -0.2) is 10.5 Å². The number of nitrogens with zero attached hydrogens (tertiary/aromatic N) is 2. The standard InChI is InChI=1S/C16H20ClN3O3/c1-11-18-14-8-7-12(17)10-13(14)16(22)20(11)9-5-3-2-4-6-15(21)19-23/h7-8,10,23H,2-6,9H2,1H3,(H,19,21). The van der Waals surface area contributed by atoms with Crippen LogP contribution in [0.3, 0.4) is 0 Å². The molecule has 0 aliphatic heterocycles. The highest BCUT2D eigenvalue weighted by Crippen LogP contribution is 2.15. The van der Waals surface area contributed by atoms with E-state index in [1.54, 1.807) is 28.2 Å². The largest absolute Gasteiger partial charge is 0.296 e. The average Bonchev–Trinajstić information content (AvgIpc) is 2.53. The number of hydrogen-bond acceptors (Lipinski definition) is 4. The van der Waals surface area contributed by atoms with Crippen LogP contribution in [-0.4, -0.2) is 20.7 Å². The van der Waals surface area contributed by atoms with Crippen molar-refractivity contribution < 1.29 is 10.0 Å². The van der Waals surface area contributed by atoms with Crippen LogP contribution in [-0.2, 0) is 11.3 Å². The first kappa shape index (κ1) is 17.4. The highest BCUT2D eigenvalue weighted by Gasteiger charge is 2.08. The number of hydrogen-bond donors (Lipinski definition) is 2. The van der Waals surface area contributed by atoms with Gasteiger partial charge in [-0.1, -0.05) is 24.4 Å². The maximum atomic E-state index is 12.5. The summed E-state index contributed by atoms with van der Waals surface area (Å²) in [5, 5.41) is 9.45. The summed E-state index contributed by atoms with van der Waals surface area (Å²) in [6.07, 6.45) is 3.62. The van der Waals surface area contributed by atoms with Gasteiger partial charge in [-0.2, -0.15) is 0 Å². The van der Waals surface area contributed by atoms with Crippen LogP contribution in [0.5, 0.6) is 0 Å². The normalized spacial score (nSPS) is 10.9. The lowest BCUT2D eigenvalue weighted by atomic mass is 10.1. The molecule has 0 spiro atoms. The van der Waals surface area contributed by atoms with Gasteiger partial charge >= 0.3 is 0 Å². The molecule has 0 fully saturated rings. The molecule has 124 valence electrons. The van der Waals surface area contributed by atoms with Crippen molar-refractivity contribution in [2.45, 2.75) is 45.6 Å². The zero-order chi connectivity index (χ0) is 16.8. The van der Waals surface area contributed by atoms with Gasteiger partial charge in [-0.3, -0.25) is 19.4 Å². The van der Waals surface area contributed by atoms with E-state index in [1.807, 2.05) is 6.92 Å². The number of halogens is 1. The Labute approximate surface area is 139 Å². The summed E-state index contributed by atoms with van der Waals surface area (Å²) in [6, 6.07) is 5.13. The van der Waals surface area contributed by atoms with Crippen LogP contribution in [0.4, 0.5) is 0 Å². The zero-order valence-corrected chi connectivity index (χ0v) is 13.8. The van der Waals surface area contributed by atoms with Crippen molar-refractivity contribution in [3.8, 4) is 0 Å². The third kappa shape index (κ3) is 4.53. The predicted octanol–water partition coefficient (Wildman–Crippen LogP) is 2.81. The van der Waals surface area contributed by atoms with E-state index in [1.165, 1.54) is 0 Å². The minimum absolute atomic E-state index is 0.0744. The Balaban J connectivity index is 1.98. The molecule has 0 atom stereocenters. The molecular formula is C16H20ClN3O3. The van der Waals surface area contributed by atoms with Crippen LogP contribution < -0.4 is 11.0 Å². The minimum atomic E-state index is -0.368. The third-order valence-electron chi connectivity index (χ3n) is 3.77. The van der Waals surface area contributed by atoms with Crippen LogP contribution in [0, 0.1) is 6.92 Å². The van der Waals surface area contributed by atoms with Gasteiger partial charge in [0.2, 0.25) is 5.91 Å². The van der Waals surface area contributed by atoms with Crippen LogP contribution in [0.2, 0.25) is 5.02 Å². The lowest BCUT2D eigenvalue weighted by molar-refractivity contribution is -0.129. The van der Waals surface area contributed by atoms with E-state index in [0.29, 0.717) is 41.1 Å². The third-order valence-corrected chi connectivity index (χ3v) is 4.00. The number of carbonyl (C=O) groups excluding carboxylic acids is 1. The topological polar surface area (TPSA) is 84.2 Å². The Kier molecular flexibility index (Phi) is 6.12. The fourth-order valence-corrected chi connectivity index (χ4v) is 2.70. The number of nitrogens with one attached hydrogen (secondary N) is 1. The Morgan fingerprint density at radius 2 is 2.04 bits per heavy atom. The first-order valence-electron chi connectivity index (χ1n) is 7.62. The molecule has 2 N–H and O–H groups in total. The van der Waals surface area contributed by atoms with E-state index in [4.69, 9.17) is 16.8 Å². The van der Waals surface area contributed by atoms with Crippen LogP contribution in [0.15, 0.2) is 23.0 Å². The quantitative estimate of drug-likeness (QED) is 0.462. The number of aromatic nitrogens is 2. The molecule has 1 heterocycles. The second-order valence-corrected chi connectivity index (χ2v) is 5.91. The van der Waals surface area contributed by atoms with Gasteiger partial charge in [0.1, 0.15) is 5.82 Å². The molecular weight excluding hydrogens is 318 g/mol. The summed E-state index contributed by atoms with van der Waals surface area (Å²) in [4.78, 5) is 27.9. The molecule has 0 unspecified atom stereocenters. The van der Waals surface area contributed by atoms with Gasteiger partial charge in [-0.15, -0.1) is 0 Å². The highest BCUT2D eigenvalue weighted by molar-refractivity contribution is 6.31. The number of hydroxylamine groups is 1. The Hall–Kier alpha value is -1.92. The SMILES string of the molecule is Cc1nc2ccc(Cl)cc2c(=O)n1CCCCCCC(=O)NO. The lowest BCUT2D eigenvalue weighted by Crippen LogP contribution is -2.24. The number of amides is 1. The van der Waals surface area contributed by atoms with E-state index in [9.17, 15) is 9.59 Å². The summed E-state index contributed by atoms with van der Waals surface area (Å²) in [5.41, 5.74) is 2.20. The molecule has 0 aliphatic rings. The molecule has 6 nitrogen and oxygen atoms in total. The Bertz CT molecular complexity index is 758. The van der Waals surface area contributed by atoms with Crippen molar-refractivity contribution >= 4 is 28.4 Å². The molecule has 7 heteroatoms. The number of carbonyl (C=O) groups is 1. The second-order valence-electron chi connectivity index (χ2n) is 5.48. The second kappa shape index (κ2) is 8.08. The van der Waals surface area contributed by atoms with E-state index in [0.717, 1.165) is 19.3 Å². The predicted molar refractivity (Wildman–Crippen MR) is 88.8 cm³/mol. The van der Waals surface area contributed by atoms with Gasteiger partial charge in [0, 0.05) is 18.0 Å². The number of unbranched alkanes of at least 4 members (excludes halogenated alkanes) is 3. The van der Waals surface area contributed by atoms with Crippen molar-refractivity contribution in [3.05, 3.63) is 39.4 Å². The van der Waals surface area contributed by atoms with E-state index in [-0.39, 0.29) is 11.5 Å². The molecule has 0 saturated heterocycles. The number of rotatable bonds is 7. The molecule has 1 amide bonds. The molecule has 1 aromatic heterocycles. The minimum Gasteiger partial charge on any atom is -0.296 e. The highest BCUT2D eigenvalue weighted by atomic mass is 35.5. The van der Waals surface area contributed by atoms with Crippen molar-refractivity contribution in [2.75, 3.05) is 0 Å². The van der Waals surface area contributed by atoms with Crippen LogP contribution >= 0.6 is 11.6 Å². The lowest BCUT2D eigenvalue weighted by Gasteiger charge is -2.10. The first-order chi connectivity index (χ1) is 11.0.